The Morgan fingerprint density at radius 3 is 3.00 bits per heavy atom. The minimum absolute atomic E-state index is 0.00339. The summed E-state index contributed by atoms with van der Waals surface area (Å²) in [5.74, 6) is 0. The third kappa shape index (κ3) is 2.74. The van der Waals surface area contributed by atoms with E-state index in [0.29, 0.717) is 6.54 Å². The lowest BCUT2D eigenvalue weighted by atomic mass is 10.1. The van der Waals surface area contributed by atoms with Gasteiger partial charge in [-0.25, -0.2) is 0 Å². The molecule has 1 aromatic heterocycles. The number of halogens is 1. The number of aliphatic hydroxyl groups is 1. The summed E-state index contributed by atoms with van der Waals surface area (Å²) in [7, 11) is 0. The van der Waals surface area contributed by atoms with Gasteiger partial charge in [0.2, 0.25) is 0 Å². The molecule has 4 N–H and O–H groups in total. The van der Waals surface area contributed by atoms with Crippen LogP contribution >= 0.6 is 15.9 Å². The van der Waals surface area contributed by atoms with Crippen LogP contribution in [0.2, 0.25) is 0 Å². The van der Waals surface area contributed by atoms with Crippen molar-refractivity contribution < 1.29 is 5.11 Å². The highest BCUT2D eigenvalue weighted by Gasteiger charge is 2.08. The molecule has 5 heteroatoms. The fraction of sp³-hybridized carbons (Fsp3) is 0.250. The average molecular weight is 296 g/mol. The van der Waals surface area contributed by atoms with Gasteiger partial charge in [-0.1, -0.05) is 12.1 Å². The molecule has 1 atom stereocenters. The average Bonchev–Trinajstić information content (AvgIpc) is 2.35. The maximum absolute atomic E-state index is 9.13. The van der Waals surface area contributed by atoms with Gasteiger partial charge in [-0.3, -0.25) is 4.98 Å². The van der Waals surface area contributed by atoms with Crippen molar-refractivity contribution in [3.8, 4) is 0 Å². The van der Waals surface area contributed by atoms with Gasteiger partial charge in [0.05, 0.1) is 23.9 Å². The van der Waals surface area contributed by atoms with Crippen LogP contribution in [0.1, 0.15) is 0 Å². The van der Waals surface area contributed by atoms with Crippen LogP contribution in [0.4, 0.5) is 5.69 Å². The zero-order valence-corrected chi connectivity index (χ0v) is 10.8. The van der Waals surface area contributed by atoms with Crippen molar-refractivity contribution in [3.05, 3.63) is 34.9 Å². The zero-order valence-electron chi connectivity index (χ0n) is 9.23. The van der Waals surface area contributed by atoms with E-state index in [1.165, 1.54) is 0 Å². The summed E-state index contributed by atoms with van der Waals surface area (Å²) in [6, 6.07) is 7.73. The predicted octanol–water partition coefficient (Wildman–Crippen LogP) is 1.73. The number of nitrogens with one attached hydrogen (secondary N) is 1. The second-order valence-corrected chi connectivity index (χ2v) is 4.71. The number of benzene rings is 1. The van der Waals surface area contributed by atoms with Crippen LogP contribution in [0.15, 0.2) is 34.9 Å². The fourth-order valence-electron chi connectivity index (χ4n) is 1.65. The summed E-state index contributed by atoms with van der Waals surface area (Å²) < 4.78 is 0.944. The molecule has 0 saturated carbocycles. The summed E-state index contributed by atoms with van der Waals surface area (Å²) in [6.07, 6.45) is 1.75. The lowest BCUT2D eigenvalue weighted by Crippen LogP contribution is -2.32. The zero-order chi connectivity index (χ0) is 12.3. The molecule has 0 amide bonds. The Hall–Kier alpha value is -1.17. The molecule has 4 nitrogen and oxygen atoms in total. The number of anilines is 1. The molecule has 90 valence electrons. The number of hydrogen-bond acceptors (Lipinski definition) is 4. The van der Waals surface area contributed by atoms with Gasteiger partial charge < -0.3 is 16.2 Å². The van der Waals surface area contributed by atoms with E-state index in [1.54, 1.807) is 6.20 Å². The maximum Gasteiger partial charge on any atom is 0.0934 e. The van der Waals surface area contributed by atoms with Crippen LogP contribution in [0, 0.1) is 0 Å². The molecule has 0 fully saturated rings. The minimum atomic E-state index is -0.147. The number of aromatic nitrogens is 1. The van der Waals surface area contributed by atoms with E-state index in [0.717, 1.165) is 21.1 Å². The monoisotopic (exact) mass is 295 g/mol. The molecule has 0 spiro atoms. The number of fused-ring (bicyclic) bond motifs is 1. The lowest BCUT2D eigenvalue weighted by Gasteiger charge is -2.16. The molecule has 17 heavy (non-hydrogen) atoms. The van der Waals surface area contributed by atoms with E-state index in [9.17, 15) is 0 Å². The molecular weight excluding hydrogens is 282 g/mol. The maximum atomic E-state index is 9.13. The highest BCUT2D eigenvalue weighted by atomic mass is 79.9. The van der Waals surface area contributed by atoms with Gasteiger partial charge in [0.25, 0.3) is 0 Å². The Bertz CT molecular complexity index is 514. The quantitative estimate of drug-likeness (QED) is 0.803. The van der Waals surface area contributed by atoms with Crippen molar-refractivity contribution in [3.63, 3.8) is 0 Å². The molecule has 0 saturated heterocycles. The van der Waals surface area contributed by atoms with Crippen LogP contribution in [0.5, 0.6) is 0 Å². The summed E-state index contributed by atoms with van der Waals surface area (Å²) in [4.78, 5) is 4.37. The van der Waals surface area contributed by atoms with Crippen LogP contribution in [-0.2, 0) is 0 Å². The standard InChI is InChI=1S/C12H14BrN3O/c13-9-4-8-2-1-3-11(12(8)15-6-9)16-10(5-14)7-17/h1-4,6,10,16-17H,5,7,14H2. The number of para-hydroxylation sites is 1. The van der Waals surface area contributed by atoms with E-state index < -0.39 is 0 Å². The predicted molar refractivity (Wildman–Crippen MR) is 73.0 cm³/mol. The second kappa shape index (κ2) is 5.44. The normalized spacial score (nSPS) is 12.6. The first kappa shape index (κ1) is 12.3. The number of rotatable bonds is 4. The molecule has 0 aliphatic heterocycles. The van der Waals surface area contributed by atoms with E-state index in [4.69, 9.17) is 10.8 Å². The van der Waals surface area contributed by atoms with Gasteiger partial charge in [-0.2, -0.15) is 0 Å². The fourth-order valence-corrected chi connectivity index (χ4v) is 2.00. The van der Waals surface area contributed by atoms with Crippen LogP contribution in [-0.4, -0.2) is 29.3 Å². The number of nitrogens with two attached hydrogens (primary N) is 1. The van der Waals surface area contributed by atoms with Gasteiger partial charge in [-0.05, 0) is 28.1 Å². The molecule has 1 unspecified atom stereocenters. The van der Waals surface area contributed by atoms with Crippen LogP contribution in [0.25, 0.3) is 10.9 Å². The van der Waals surface area contributed by atoms with Gasteiger partial charge in [0.15, 0.2) is 0 Å². The van der Waals surface area contributed by atoms with E-state index >= 15 is 0 Å². The summed E-state index contributed by atoms with van der Waals surface area (Å²) in [6.45, 7) is 0.382. The summed E-state index contributed by atoms with van der Waals surface area (Å²) >= 11 is 3.39. The Morgan fingerprint density at radius 1 is 1.47 bits per heavy atom. The van der Waals surface area contributed by atoms with E-state index in [1.807, 2.05) is 24.3 Å². The molecule has 1 heterocycles. The Balaban J connectivity index is 2.40. The van der Waals surface area contributed by atoms with Crippen molar-refractivity contribution in [2.75, 3.05) is 18.5 Å². The Morgan fingerprint density at radius 2 is 2.29 bits per heavy atom. The van der Waals surface area contributed by atoms with Crippen LogP contribution < -0.4 is 11.1 Å². The molecule has 2 rings (SSSR count). The summed E-state index contributed by atoms with van der Waals surface area (Å²) in [5.41, 5.74) is 7.31. The molecule has 1 aromatic carbocycles. The van der Waals surface area contributed by atoms with Gasteiger partial charge >= 0.3 is 0 Å². The number of pyridine rings is 1. The third-order valence-corrected chi connectivity index (χ3v) is 2.98. The smallest absolute Gasteiger partial charge is 0.0934 e. The highest BCUT2D eigenvalue weighted by molar-refractivity contribution is 9.10. The van der Waals surface area contributed by atoms with Gasteiger partial charge in [-0.15, -0.1) is 0 Å². The van der Waals surface area contributed by atoms with Gasteiger partial charge in [0.1, 0.15) is 0 Å². The van der Waals surface area contributed by atoms with Crippen molar-refractivity contribution >= 4 is 32.5 Å². The highest BCUT2D eigenvalue weighted by Crippen LogP contribution is 2.24. The molecule has 0 aliphatic rings. The van der Waals surface area contributed by atoms with Crippen molar-refractivity contribution in [1.82, 2.24) is 4.98 Å². The van der Waals surface area contributed by atoms with Gasteiger partial charge in [0, 0.05) is 22.6 Å². The van der Waals surface area contributed by atoms with E-state index in [-0.39, 0.29) is 12.6 Å². The number of hydrogen-bond donors (Lipinski definition) is 3. The number of nitrogens with zero attached hydrogens (tertiary/aromatic N) is 1. The topological polar surface area (TPSA) is 71.2 Å². The third-order valence-electron chi connectivity index (χ3n) is 2.54. The number of aliphatic hydroxyl groups excluding tert-OH is 1. The Kier molecular flexibility index (Phi) is 3.93. The molecule has 0 radical (unpaired) electrons. The molecule has 2 aromatic rings. The lowest BCUT2D eigenvalue weighted by molar-refractivity contribution is 0.277. The molecular formula is C12H14BrN3O. The van der Waals surface area contributed by atoms with E-state index in [2.05, 4.69) is 26.2 Å². The largest absolute Gasteiger partial charge is 0.394 e. The van der Waals surface area contributed by atoms with Crippen molar-refractivity contribution in [2.45, 2.75) is 6.04 Å². The molecule has 0 bridgehead atoms. The summed E-state index contributed by atoms with van der Waals surface area (Å²) in [5, 5.41) is 13.4. The second-order valence-electron chi connectivity index (χ2n) is 3.79. The molecule has 0 aliphatic carbocycles. The first-order chi connectivity index (χ1) is 8.24. The Labute approximate surface area is 108 Å². The van der Waals surface area contributed by atoms with Crippen molar-refractivity contribution in [1.29, 1.82) is 0 Å². The first-order valence-electron chi connectivity index (χ1n) is 5.36. The SMILES string of the molecule is NCC(CO)Nc1cccc2cc(Br)cnc12. The minimum Gasteiger partial charge on any atom is -0.394 e. The van der Waals surface area contributed by atoms with Crippen LogP contribution in [0.3, 0.4) is 0 Å². The first-order valence-corrected chi connectivity index (χ1v) is 6.15. The van der Waals surface area contributed by atoms with Crippen molar-refractivity contribution in [2.24, 2.45) is 5.73 Å².